The van der Waals surface area contributed by atoms with Crippen LogP contribution >= 0.6 is 15.9 Å². The fourth-order valence-corrected chi connectivity index (χ4v) is 3.83. The van der Waals surface area contributed by atoms with Crippen molar-refractivity contribution in [3.05, 3.63) is 28.5 Å². The standard InChI is InChI=1S/C17H22BrN3O2/c18-15-10-14(11-19-12-15)17(23)21-7-5-20(6-8-21)16(22)9-13-3-1-2-4-13/h10-13H,1-9H2. The molecule has 0 radical (unpaired) electrons. The number of amides is 2. The summed E-state index contributed by atoms with van der Waals surface area (Å²) in [4.78, 5) is 32.6. The summed E-state index contributed by atoms with van der Waals surface area (Å²) in [7, 11) is 0. The van der Waals surface area contributed by atoms with Gasteiger partial charge in [-0.15, -0.1) is 0 Å². The van der Waals surface area contributed by atoms with E-state index in [1.807, 2.05) is 9.80 Å². The van der Waals surface area contributed by atoms with Gasteiger partial charge in [-0.05, 0) is 40.8 Å². The quantitative estimate of drug-likeness (QED) is 0.810. The third-order valence-electron chi connectivity index (χ3n) is 4.81. The number of piperazine rings is 1. The van der Waals surface area contributed by atoms with E-state index in [4.69, 9.17) is 0 Å². The first-order chi connectivity index (χ1) is 11.1. The van der Waals surface area contributed by atoms with Crippen LogP contribution in [0.5, 0.6) is 0 Å². The smallest absolute Gasteiger partial charge is 0.255 e. The maximum Gasteiger partial charge on any atom is 0.255 e. The molecule has 2 fully saturated rings. The number of hydrogen-bond donors (Lipinski definition) is 0. The van der Waals surface area contributed by atoms with Gasteiger partial charge in [-0.1, -0.05) is 12.8 Å². The zero-order valence-electron chi connectivity index (χ0n) is 13.2. The molecule has 23 heavy (non-hydrogen) atoms. The largest absolute Gasteiger partial charge is 0.339 e. The number of rotatable bonds is 3. The Labute approximate surface area is 145 Å². The van der Waals surface area contributed by atoms with Gasteiger partial charge in [0.1, 0.15) is 0 Å². The molecule has 2 heterocycles. The number of halogens is 1. The van der Waals surface area contributed by atoms with Gasteiger partial charge in [0.05, 0.1) is 5.56 Å². The summed E-state index contributed by atoms with van der Waals surface area (Å²) in [5.41, 5.74) is 0.588. The lowest BCUT2D eigenvalue weighted by Crippen LogP contribution is -2.50. The number of carbonyl (C=O) groups excluding carboxylic acids is 2. The van der Waals surface area contributed by atoms with Gasteiger partial charge in [0.2, 0.25) is 5.91 Å². The molecule has 5 nitrogen and oxygen atoms in total. The topological polar surface area (TPSA) is 53.5 Å². The Balaban J connectivity index is 1.51. The molecule has 6 heteroatoms. The van der Waals surface area contributed by atoms with E-state index in [-0.39, 0.29) is 11.8 Å². The number of aromatic nitrogens is 1. The van der Waals surface area contributed by atoms with Crippen molar-refractivity contribution in [2.75, 3.05) is 26.2 Å². The Morgan fingerprint density at radius 3 is 2.39 bits per heavy atom. The molecule has 0 atom stereocenters. The van der Waals surface area contributed by atoms with Crippen LogP contribution < -0.4 is 0 Å². The third-order valence-corrected chi connectivity index (χ3v) is 5.24. The molecule has 0 unspecified atom stereocenters. The molecule has 2 aliphatic rings. The van der Waals surface area contributed by atoms with Crippen LogP contribution in [0.25, 0.3) is 0 Å². The Morgan fingerprint density at radius 1 is 1.09 bits per heavy atom. The highest BCUT2D eigenvalue weighted by atomic mass is 79.9. The maximum atomic E-state index is 12.5. The summed E-state index contributed by atoms with van der Waals surface area (Å²) in [6.45, 7) is 2.47. The van der Waals surface area contributed by atoms with E-state index in [1.54, 1.807) is 18.5 Å². The zero-order valence-corrected chi connectivity index (χ0v) is 14.8. The van der Waals surface area contributed by atoms with E-state index in [0.29, 0.717) is 44.1 Å². The Morgan fingerprint density at radius 2 is 1.74 bits per heavy atom. The summed E-state index contributed by atoms with van der Waals surface area (Å²) in [5.74, 6) is 0.824. The summed E-state index contributed by atoms with van der Waals surface area (Å²) < 4.78 is 0.800. The van der Waals surface area contributed by atoms with Crippen molar-refractivity contribution in [1.29, 1.82) is 0 Å². The lowest BCUT2D eigenvalue weighted by molar-refractivity contribution is -0.133. The highest BCUT2D eigenvalue weighted by Gasteiger charge is 2.27. The van der Waals surface area contributed by atoms with Crippen molar-refractivity contribution >= 4 is 27.7 Å². The van der Waals surface area contributed by atoms with Crippen LogP contribution in [-0.2, 0) is 4.79 Å². The molecule has 1 aromatic heterocycles. The van der Waals surface area contributed by atoms with Gasteiger partial charge in [0, 0.05) is 49.5 Å². The highest BCUT2D eigenvalue weighted by Crippen LogP contribution is 2.28. The fraction of sp³-hybridized carbons (Fsp3) is 0.588. The van der Waals surface area contributed by atoms with E-state index >= 15 is 0 Å². The molecular formula is C17H22BrN3O2. The van der Waals surface area contributed by atoms with E-state index in [9.17, 15) is 9.59 Å². The van der Waals surface area contributed by atoms with E-state index in [2.05, 4.69) is 20.9 Å². The summed E-state index contributed by atoms with van der Waals surface area (Å²) in [6.07, 6.45) is 8.85. The molecule has 0 N–H and O–H groups in total. The number of nitrogens with zero attached hydrogens (tertiary/aromatic N) is 3. The summed E-state index contributed by atoms with van der Waals surface area (Å²) >= 11 is 3.34. The van der Waals surface area contributed by atoms with Gasteiger partial charge in [0.15, 0.2) is 0 Å². The third kappa shape index (κ3) is 4.10. The highest BCUT2D eigenvalue weighted by molar-refractivity contribution is 9.10. The minimum Gasteiger partial charge on any atom is -0.339 e. The molecule has 1 saturated heterocycles. The van der Waals surface area contributed by atoms with Crippen molar-refractivity contribution in [1.82, 2.24) is 14.8 Å². The van der Waals surface area contributed by atoms with Crippen LogP contribution in [0, 0.1) is 5.92 Å². The van der Waals surface area contributed by atoms with Gasteiger partial charge in [-0.2, -0.15) is 0 Å². The minimum atomic E-state index is -0.0123. The maximum absolute atomic E-state index is 12.5. The van der Waals surface area contributed by atoms with Crippen molar-refractivity contribution in [2.24, 2.45) is 5.92 Å². The van der Waals surface area contributed by atoms with Crippen LogP contribution in [-0.4, -0.2) is 52.8 Å². The zero-order chi connectivity index (χ0) is 16.2. The molecule has 0 aromatic carbocycles. The van der Waals surface area contributed by atoms with Crippen molar-refractivity contribution in [3.8, 4) is 0 Å². The minimum absolute atomic E-state index is 0.0123. The van der Waals surface area contributed by atoms with Crippen molar-refractivity contribution in [2.45, 2.75) is 32.1 Å². The van der Waals surface area contributed by atoms with Gasteiger partial charge in [-0.25, -0.2) is 0 Å². The second kappa shape index (κ2) is 7.43. The van der Waals surface area contributed by atoms with E-state index in [1.165, 1.54) is 25.7 Å². The Bertz CT molecular complexity index is 579. The second-order valence-corrected chi connectivity index (χ2v) is 7.34. The van der Waals surface area contributed by atoms with Crippen molar-refractivity contribution in [3.63, 3.8) is 0 Å². The van der Waals surface area contributed by atoms with E-state index < -0.39 is 0 Å². The molecule has 1 aliphatic heterocycles. The van der Waals surface area contributed by atoms with Gasteiger partial charge in [-0.3, -0.25) is 14.6 Å². The number of hydrogen-bond acceptors (Lipinski definition) is 3. The molecule has 124 valence electrons. The monoisotopic (exact) mass is 379 g/mol. The molecule has 1 saturated carbocycles. The van der Waals surface area contributed by atoms with Gasteiger partial charge < -0.3 is 9.80 Å². The first-order valence-electron chi connectivity index (χ1n) is 8.31. The molecule has 0 spiro atoms. The fourth-order valence-electron chi connectivity index (χ4n) is 3.46. The van der Waals surface area contributed by atoms with Crippen LogP contribution in [0.4, 0.5) is 0 Å². The second-order valence-electron chi connectivity index (χ2n) is 6.42. The van der Waals surface area contributed by atoms with E-state index in [0.717, 1.165) is 4.47 Å². The lowest BCUT2D eigenvalue weighted by Gasteiger charge is -2.35. The van der Waals surface area contributed by atoms with Gasteiger partial charge in [0.25, 0.3) is 5.91 Å². The SMILES string of the molecule is O=C(CC1CCCC1)N1CCN(C(=O)c2cncc(Br)c2)CC1. The average molecular weight is 380 g/mol. The first-order valence-corrected chi connectivity index (χ1v) is 9.10. The predicted octanol–water partition coefficient (Wildman–Crippen LogP) is 2.71. The average Bonchev–Trinajstić information content (AvgIpc) is 3.07. The molecule has 0 bridgehead atoms. The summed E-state index contributed by atoms with van der Waals surface area (Å²) in [6, 6.07) is 1.78. The normalized spacial score (nSPS) is 19.2. The molecular weight excluding hydrogens is 358 g/mol. The molecule has 3 rings (SSSR count). The summed E-state index contributed by atoms with van der Waals surface area (Å²) in [5, 5.41) is 0. The Kier molecular flexibility index (Phi) is 5.30. The van der Waals surface area contributed by atoms with Crippen LogP contribution in [0.3, 0.4) is 0 Å². The first kappa shape index (κ1) is 16.4. The number of pyridine rings is 1. The molecule has 1 aliphatic carbocycles. The molecule has 1 aromatic rings. The van der Waals surface area contributed by atoms with Crippen LogP contribution in [0.2, 0.25) is 0 Å². The number of carbonyl (C=O) groups is 2. The molecule has 2 amide bonds. The van der Waals surface area contributed by atoms with Crippen LogP contribution in [0.1, 0.15) is 42.5 Å². The van der Waals surface area contributed by atoms with Crippen molar-refractivity contribution < 1.29 is 9.59 Å². The lowest BCUT2D eigenvalue weighted by atomic mass is 10.0. The Hall–Kier alpha value is -1.43. The predicted molar refractivity (Wildman–Crippen MR) is 91.0 cm³/mol. The van der Waals surface area contributed by atoms with Gasteiger partial charge >= 0.3 is 0 Å². The van der Waals surface area contributed by atoms with Crippen LogP contribution in [0.15, 0.2) is 22.9 Å².